The zero-order valence-electron chi connectivity index (χ0n) is 11.5. The minimum atomic E-state index is -0.984. The summed E-state index contributed by atoms with van der Waals surface area (Å²) in [5.74, 6) is -0.984. The van der Waals surface area contributed by atoms with E-state index in [2.05, 4.69) is 34.6 Å². The molecule has 0 saturated carbocycles. The Kier molecular flexibility index (Phi) is 3.58. The fourth-order valence-corrected chi connectivity index (χ4v) is 3.09. The van der Waals surface area contributed by atoms with E-state index in [4.69, 9.17) is 5.11 Å². The molecule has 0 atom stereocenters. The van der Waals surface area contributed by atoms with Gasteiger partial charge in [-0.3, -0.25) is 0 Å². The van der Waals surface area contributed by atoms with Gasteiger partial charge in [-0.05, 0) is 23.3 Å². The van der Waals surface area contributed by atoms with E-state index in [9.17, 15) is 4.79 Å². The quantitative estimate of drug-likeness (QED) is 0.766. The van der Waals surface area contributed by atoms with Crippen LogP contribution in [0.15, 0.2) is 42.5 Å². The van der Waals surface area contributed by atoms with Gasteiger partial charge in [0, 0.05) is 11.4 Å². The van der Waals surface area contributed by atoms with Crippen LogP contribution in [0.25, 0.3) is 10.8 Å². The molecule has 0 amide bonds. The number of fused-ring (bicyclic) bond motifs is 1. The molecule has 1 heterocycles. The zero-order chi connectivity index (χ0) is 14.8. The van der Waals surface area contributed by atoms with Crippen LogP contribution >= 0.6 is 11.3 Å². The molecule has 1 aromatic heterocycles. The van der Waals surface area contributed by atoms with Crippen LogP contribution in [-0.2, 0) is 6.54 Å². The minimum absolute atomic E-state index is 0.125. The molecule has 3 aromatic rings. The van der Waals surface area contributed by atoms with Crippen LogP contribution in [-0.4, -0.2) is 16.1 Å². The fraction of sp³-hybridized carbons (Fsp3) is 0.125. The monoisotopic (exact) mass is 298 g/mol. The molecule has 0 radical (unpaired) electrons. The first kappa shape index (κ1) is 13.6. The number of carboxylic acid groups (broad SMARTS) is 1. The molecule has 0 aliphatic heterocycles. The lowest BCUT2D eigenvalue weighted by atomic mass is 10.0. The summed E-state index contributed by atoms with van der Waals surface area (Å²) >= 11 is 1.36. The largest absolute Gasteiger partial charge is 0.476 e. The van der Waals surface area contributed by atoms with Gasteiger partial charge in [0.25, 0.3) is 0 Å². The lowest BCUT2D eigenvalue weighted by Crippen LogP contribution is -2.02. The highest BCUT2D eigenvalue weighted by Crippen LogP contribution is 2.24. The van der Waals surface area contributed by atoms with Crippen LogP contribution in [0.1, 0.15) is 20.9 Å². The predicted molar refractivity (Wildman–Crippen MR) is 85.1 cm³/mol. The van der Waals surface area contributed by atoms with Crippen LogP contribution in [0, 0.1) is 6.92 Å². The molecule has 0 spiro atoms. The molecule has 4 nitrogen and oxygen atoms in total. The predicted octanol–water partition coefficient (Wildman–Crippen LogP) is 3.92. The second-order valence-electron chi connectivity index (χ2n) is 4.72. The maximum atomic E-state index is 11.0. The summed E-state index contributed by atoms with van der Waals surface area (Å²) in [6, 6.07) is 14.4. The number of hydrogen-bond donors (Lipinski definition) is 2. The Morgan fingerprint density at radius 2 is 2.00 bits per heavy atom. The Morgan fingerprint density at radius 3 is 2.76 bits per heavy atom. The van der Waals surface area contributed by atoms with Crippen molar-refractivity contribution in [3.63, 3.8) is 0 Å². The fourth-order valence-electron chi connectivity index (χ4n) is 2.29. The lowest BCUT2D eigenvalue weighted by Gasteiger charge is -2.07. The third-order valence-corrected chi connectivity index (χ3v) is 4.24. The number of rotatable bonds is 4. The Hall–Kier alpha value is -2.40. The molecule has 0 aliphatic rings. The number of aryl methyl sites for hydroxylation is 1. The number of nitrogens with zero attached hydrogens (tertiary/aromatic N) is 1. The van der Waals surface area contributed by atoms with Crippen molar-refractivity contribution in [1.82, 2.24) is 4.98 Å². The first-order chi connectivity index (χ1) is 10.1. The molecule has 21 heavy (non-hydrogen) atoms. The van der Waals surface area contributed by atoms with Crippen LogP contribution in [0.2, 0.25) is 0 Å². The Morgan fingerprint density at radius 1 is 1.24 bits per heavy atom. The van der Waals surface area contributed by atoms with Gasteiger partial charge in [0.1, 0.15) is 0 Å². The molecule has 0 bridgehead atoms. The van der Waals surface area contributed by atoms with Crippen molar-refractivity contribution in [2.45, 2.75) is 13.5 Å². The van der Waals surface area contributed by atoms with E-state index in [1.165, 1.54) is 22.1 Å². The van der Waals surface area contributed by atoms with Crippen LogP contribution < -0.4 is 5.32 Å². The summed E-state index contributed by atoms with van der Waals surface area (Å²) in [4.78, 5) is 15.8. The van der Waals surface area contributed by atoms with Crippen molar-refractivity contribution in [3.05, 3.63) is 58.6 Å². The van der Waals surface area contributed by atoms with Gasteiger partial charge >= 0.3 is 5.97 Å². The van der Waals surface area contributed by atoms with Crippen LogP contribution in [0.4, 0.5) is 5.13 Å². The summed E-state index contributed by atoms with van der Waals surface area (Å²) in [5.41, 5.74) is 1.29. The summed E-state index contributed by atoms with van der Waals surface area (Å²) in [5, 5.41) is 15.3. The minimum Gasteiger partial charge on any atom is -0.476 e. The van der Waals surface area contributed by atoms with Crippen LogP contribution in [0.3, 0.4) is 0 Å². The van der Waals surface area contributed by atoms with Gasteiger partial charge in [-0.2, -0.15) is 0 Å². The molecular formula is C16H14N2O2S. The number of anilines is 1. The average molecular weight is 298 g/mol. The maximum Gasteiger partial charge on any atom is 0.355 e. The van der Waals surface area contributed by atoms with Crippen molar-refractivity contribution >= 4 is 33.2 Å². The third kappa shape index (κ3) is 2.73. The summed E-state index contributed by atoms with van der Waals surface area (Å²) in [6.07, 6.45) is 0. The number of benzene rings is 2. The molecule has 2 aromatic carbocycles. The van der Waals surface area contributed by atoms with Crippen LogP contribution in [0.5, 0.6) is 0 Å². The van der Waals surface area contributed by atoms with Gasteiger partial charge in [-0.15, -0.1) is 11.3 Å². The molecule has 5 heteroatoms. The van der Waals surface area contributed by atoms with E-state index in [1.807, 2.05) is 18.2 Å². The van der Waals surface area contributed by atoms with Gasteiger partial charge in [0.05, 0.1) is 0 Å². The highest BCUT2D eigenvalue weighted by molar-refractivity contribution is 7.15. The Balaban J connectivity index is 1.84. The van der Waals surface area contributed by atoms with E-state index in [-0.39, 0.29) is 5.69 Å². The molecule has 3 rings (SSSR count). The summed E-state index contributed by atoms with van der Waals surface area (Å²) < 4.78 is 0. The number of carbonyl (C=O) groups is 1. The van der Waals surface area contributed by atoms with E-state index >= 15 is 0 Å². The van der Waals surface area contributed by atoms with E-state index in [0.717, 1.165) is 5.56 Å². The molecular weight excluding hydrogens is 284 g/mol. The Bertz CT molecular complexity index is 806. The zero-order valence-corrected chi connectivity index (χ0v) is 12.3. The topological polar surface area (TPSA) is 62.2 Å². The van der Waals surface area contributed by atoms with E-state index < -0.39 is 5.97 Å². The molecule has 0 aliphatic carbocycles. The maximum absolute atomic E-state index is 11.0. The summed E-state index contributed by atoms with van der Waals surface area (Å²) in [7, 11) is 0. The molecule has 2 N–H and O–H groups in total. The Labute approximate surface area is 126 Å². The normalized spacial score (nSPS) is 10.7. The SMILES string of the molecule is Cc1sc(NCc2cccc3ccccc23)nc1C(=O)O. The van der Waals surface area contributed by atoms with Gasteiger partial charge in [-0.25, -0.2) is 9.78 Å². The van der Waals surface area contributed by atoms with Crippen molar-refractivity contribution in [3.8, 4) is 0 Å². The highest BCUT2D eigenvalue weighted by atomic mass is 32.1. The number of aromatic nitrogens is 1. The second kappa shape index (κ2) is 5.54. The first-order valence-electron chi connectivity index (χ1n) is 6.56. The molecule has 0 saturated heterocycles. The van der Waals surface area contributed by atoms with Crippen molar-refractivity contribution < 1.29 is 9.90 Å². The smallest absolute Gasteiger partial charge is 0.355 e. The number of hydrogen-bond acceptors (Lipinski definition) is 4. The second-order valence-corrected chi connectivity index (χ2v) is 5.92. The average Bonchev–Trinajstić information content (AvgIpc) is 2.86. The lowest BCUT2D eigenvalue weighted by molar-refractivity contribution is 0.0690. The van der Waals surface area contributed by atoms with Gasteiger partial charge in [0.2, 0.25) is 0 Å². The van der Waals surface area contributed by atoms with Gasteiger partial charge < -0.3 is 10.4 Å². The number of carboxylic acids is 1. The van der Waals surface area contributed by atoms with Gasteiger partial charge in [0.15, 0.2) is 10.8 Å². The van der Waals surface area contributed by atoms with Gasteiger partial charge in [-0.1, -0.05) is 42.5 Å². The molecule has 0 unspecified atom stereocenters. The van der Waals surface area contributed by atoms with E-state index in [0.29, 0.717) is 16.6 Å². The summed E-state index contributed by atoms with van der Waals surface area (Å²) in [6.45, 7) is 2.39. The van der Waals surface area contributed by atoms with Crippen molar-refractivity contribution in [2.24, 2.45) is 0 Å². The van der Waals surface area contributed by atoms with Crippen molar-refractivity contribution in [2.75, 3.05) is 5.32 Å². The first-order valence-corrected chi connectivity index (χ1v) is 7.38. The number of thiazole rings is 1. The molecule has 106 valence electrons. The standard InChI is InChI=1S/C16H14N2O2S/c1-10-14(15(19)20)18-16(21-10)17-9-12-7-4-6-11-5-2-3-8-13(11)12/h2-8H,9H2,1H3,(H,17,18)(H,19,20). The highest BCUT2D eigenvalue weighted by Gasteiger charge is 2.13. The number of nitrogens with one attached hydrogen (secondary N) is 1. The third-order valence-electron chi connectivity index (χ3n) is 3.31. The molecule has 0 fully saturated rings. The van der Waals surface area contributed by atoms with Crippen molar-refractivity contribution in [1.29, 1.82) is 0 Å². The number of aromatic carboxylic acids is 1. The van der Waals surface area contributed by atoms with E-state index in [1.54, 1.807) is 6.92 Å².